The highest BCUT2D eigenvalue weighted by Gasteiger charge is 2.79. The van der Waals surface area contributed by atoms with Crippen LogP contribution in [0.25, 0.3) is 0 Å². The Morgan fingerprint density at radius 3 is 2.44 bits per heavy atom. The SMILES string of the molecule is C=CCCCOC(=O)[C@H]1[C@H]2C(=O)N(CCCO)C(C(=O)N(CC=C)C(C)(C)CC(C)(C)C)C23CC[C@]1(CC)O3. The Morgan fingerprint density at radius 1 is 1.18 bits per heavy atom. The third-order valence-electron chi connectivity index (χ3n) is 8.79. The highest BCUT2D eigenvalue weighted by atomic mass is 16.6. The Bertz CT molecular complexity index is 955. The van der Waals surface area contributed by atoms with Gasteiger partial charge in [-0.3, -0.25) is 14.4 Å². The van der Waals surface area contributed by atoms with Gasteiger partial charge in [0.2, 0.25) is 11.8 Å². The van der Waals surface area contributed by atoms with Crippen LogP contribution in [-0.4, -0.2) is 81.8 Å². The number of aliphatic hydroxyl groups is 1. The fourth-order valence-electron chi connectivity index (χ4n) is 7.63. The van der Waals surface area contributed by atoms with Crippen molar-refractivity contribution in [3.05, 3.63) is 25.3 Å². The summed E-state index contributed by atoms with van der Waals surface area (Å²) in [7, 11) is 0. The first-order valence-electron chi connectivity index (χ1n) is 14.6. The lowest BCUT2D eigenvalue weighted by Gasteiger charge is -2.45. The summed E-state index contributed by atoms with van der Waals surface area (Å²) < 4.78 is 12.5. The quantitative estimate of drug-likeness (QED) is 0.199. The third kappa shape index (κ3) is 5.69. The molecule has 8 heteroatoms. The molecule has 0 saturated carbocycles. The molecule has 3 rings (SSSR count). The summed E-state index contributed by atoms with van der Waals surface area (Å²) in [6, 6.07) is -0.882. The highest BCUT2D eigenvalue weighted by Crippen LogP contribution is 2.64. The molecule has 0 aromatic heterocycles. The van der Waals surface area contributed by atoms with Crippen LogP contribution in [-0.2, 0) is 23.9 Å². The van der Waals surface area contributed by atoms with Crippen molar-refractivity contribution in [2.45, 2.75) is 109 Å². The molecular formula is C31H50N2O6. The molecule has 3 aliphatic heterocycles. The number of aliphatic hydroxyl groups excluding tert-OH is 1. The maximum atomic E-state index is 14.6. The van der Waals surface area contributed by atoms with E-state index in [-0.39, 0.29) is 37.0 Å². The average Bonchev–Trinajstić information content (AvgIpc) is 3.45. The summed E-state index contributed by atoms with van der Waals surface area (Å²) in [5, 5.41) is 9.62. The number of nitrogens with zero attached hydrogens (tertiary/aromatic N) is 2. The lowest BCUT2D eigenvalue weighted by Crippen LogP contribution is -2.61. The second-order valence-corrected chi connectivity index (χ2v) is 13.3. The number of carbonyl (C=O) groups excluding carboxylic acids is 3. The minimum Gasteiger partial charge on any atom is -0.465 e. The van der Waals surface area contributed by atoms with Crippen LogP contribution in [0.4, 0.5) is 0 Å². The fraction of sp³-hybridized carbons (Fsp3) is 0.774. The summed E-state index contributed by atoms with van der Waals surface area (Å²) >= 11 is 0. The van der Waals surface area contributed by atoms with Crippen LogP contribution in [0.5, 0.6) is 0 Å². The van der Waals surface area contributed by atoms with Crippen molar-refractivity contribution in [2.24, 2.45) is 17.3 Å². The van der Waals surface area contributed by atoms with Crippen molar-refractivity contribution in [1.82, 2.24) is 9.80 Å². The van der Waals surface area contributed by atoms with Gasteiger partial charge in [-0.1, -0.05) is 39.8 Å². The van der Waals surface area contributed by atoms with Gasteiger partial charge in [-0.15, -0.1) is 13.2 Å². The molecule has 0 radical (unpaired) electrons. The minimum absolute atomic E-state index is 0.0406. The first-order valence-corrected chi connectivity index (χ1v) is 14.6. The van der Waals surface area contributed by atoms with Crippen LogP contribution in [0.3, 0.4) is 0 Å². The van der Waals surface area contributed by atoms with Crippen molar-refractivity contribution in [3.63, 3.8) is 0 Å². The molecule has 0 aliphatic carbocycles. The van der Waals surface area contributed by atoms with E-state index in [1.54, 1.807) is 17.1 Å². The monoisotopic (exact) mass is 546 g/mol. The van der Waals surface area contributed by atoms with E-state index in [4.69, 9.17) is 9.47 Å². The Hall–Kier alpha value is -2.19. The molecule has 3 aliphatic rings. The number of rotatable bonds is 14. The average molecular weight is 547 g/mol. The molecule has 1 N–H and O–H groups in total. The number of esters is 1. The zero-order chi connectivity index (χ0) is 29.2. The summed E-state index contributed by atoms with van der Waals surface area (Å²) in [5.41, 5.74) is -2.50. The largest absolute Gasteiger partial charge is 0.465 e. The Morgan fingerprint density at radius 2 is 1.87 bits per heavy atom. The molecule has 0 aromatic carbocycles. The van der Waals surface area contributed by atoms with Crippen LogP contribution in [0.2, 0.25) is 0 Å². The van der Waals surface area contributed by atoms with Crippen molar-refractivity contribution in [1.29, 1.82) is 0 Å². The number of hydrogen-bond acceptors (Lipinski definition) is 6. The van der Waals surface area contributed by atoms with Crippen LogP contribution in [0.1, 0.15) is 86.5 Å². The van der Waals surface area contributed by atoms with Gasteiger partial charge in [0.1, 0.15) is 17.6 Å². The lowest BCUT2D eigenvalue weighted by molar-refractivity contribution is -0.163. The van der Waals surface area contributed by atoms with Gasteiger partial charge < -0.3 is 24.4 Å². The predicted octanol–water partition coefficient (Wildman–Crippen LogP) is 4.26. The van der Waals surface area contributed by atoms with Crippen LogP contribution in [0, 0.1) is 17.3 Å². The van der Waals surface area contributed by atoms with Gasteiger partial charge >= 0.3 is 5.97 Å². The van der Waals surface area contributed by atoms with Crippen LogP contribution >= 0.6 is 0 Å². The number of ether oxygens (including phenoxy) is 2. The van der Waals surface area contributed by atoms with E-state index in [1.807, 2.05) is 25.7 Å². The van der Waals surface area contributed by atoms with Gasteiger partial charge in [0.15, 0.2) is 0 Å². The second kappa shape index (κ2) is 11.7. The maximum absolute atomic E-state index is 14.6. The summed E-state index contributed by atoms with van der Waals surface area (Å²) in [4.78, 5) is 45.7. The Kier molecular flexibility index (Phi) is 9.43. The van der Waals surface area contributed by atoms with Crippen molar-refractivity contribution in [3.8, 4) is 0 Å². The highest BCUT2D eigenvalue weighted by molar-refractivity contribution is 5.98. The van der Waals surface area contributed by atoms with Gasteiger partial charge in [-0.2, -0.15) is 0 Å². The fourth-order valence-corrected chi connectivity index (χ4v) is 7.63. The lowest BCUT2D eigenvalue weighted by atomic mass is 9.65. The zero-order valence-corrected chi connectivity index (χ0v) is 25.0. The molecule has 3 fully saturated rings. The van der Waals surface area contributed by atoms with E-state index < -0.39 is 40.6 Å². The Labute approximate surface area is 234 Å². The minimum atomic E-state index is -1.11. The van der Waals surface area contributed by atoms with Gasteiger partial charge in [-0.25, -0.2) is 0 Å². The maximum Gasteiger partial charge on any atom is 0.312 e. The smallest absolute Gasteiger partial charge is 0.312 e. The number of allylic oxidation sites excluding steroid dienone is 1. The number of carbonyl (C=O) groups is 3. The molecule has 2 unspecified atom stereocenters. The summed E-state index contributed by atoms with van der Waals surface area (Å²) in [6.07, 6.45) is 7.62. The molecule has 1 spiro atoms. The van der Waals surface area contributed by atoms with Crippen molar-refractivity contribution < 1.29 is 29.0 Å². The number of likely N-dealkylation sites (tertiary alicyclic amines) is 1. The molecule has 5 atom stereocenters. The molecule has 39 heavy (non-hydrogen) atoms. The molecule has 0 aromatic rings. The molecule has 220 valence electrons. The topological polar surface area (TPSA) is 96.4 Å². The Balaban J connectivity index is 2.06. The van der Waals surface area contributed by atoms with E-state index in [9.17, 15) is 19.5 Å². The van der Waals surface area contributed by atoms with Gasteiger partial charge in [0, 0.05) is 25.2 Å². The number of amides is 2. The molecule has 8 nitrogen and oxygen atoms in total. The molecular weight excluding hydrogens is 496 g/mol. The zero-order valence-electron chi connectivity index (χ0n) is 25.0. The van der Waals surface area contributed by atoms with E-state index >= 15 is 0 Å². The standard InChI is InChI=1S/C31H50N2O6/c1-9-12-13-20-38-27(37)23-22-25(35)32(18-14-19-34)24(31(22)16-15-30(23,11-3)39-31)26(36)33(17-10-2)29(7,8)21-28(4,5)6/h9-10,22-24,34H,1-2,11-21H2,3-8H3/t22-,23+,24?,30-,31?/m0/s1. The first kappa shape index (κ1) is 31.3. The molecule has 3 heterocycles. The number of fused-ring (bicyclic) bond motifs is 1. The van der Waals surface area contributed by atoms with E-state index in [0.29, 0.717) is 38.6 Å². The summed E-state index contributed by atoms with van der Waals surface area (Å²) in [5.74, 6) is -2.42. The summed E-state index contributed by atoms with van der Waals surface area (Å²) in [6.45, 7) is 20.8. The van der Waals surface area contributed by atoms with E-state index in [2.05, 4.69) is 33.9 Å². The van der Waals surface area contributed by atoms with Crippen molar-refractivity contribution >= 4 is 17.8 Å². The van der Waals surface area contributed by atoms with Crippen LogP contribution in [0.15, 0.2) is 25.3 Å². The molecule has 3 saturated heterocycles. The molecule has 2 bridgehead atoms. The van der Waals surface area contributed by atoms with Gasteiger partial charge in [0.25, 0.3) is 0 Å². The molecule has 2 amide bonds. The van der Waals surface area contributed by atoms with Gasteiger partial charge in [0.05, 0.1) is 18.1 Å². The first-order chi connectivity index (χ1) is 18.2. The predicted molar refractivity (Wildman–Crippen MR) is 151 cm³/mol. The normalized spacial score (nSPS) is 29.9. The third-order valence-corrected chi connectivity index (χ3v) is 8.79. The van der Waals surface area contributed by atoms with Crippen molar-refractivity contribution in [2.75, 3.05) is 26.3 Å². The number of hydrogen-bond donors (Lipinski definition) is 1. The van der Waals surface area contributed by atoms with Gasteiger partial charge in [-0.05, 0) is 64.2 Å². The van der Waals surface area contributed by atoms with Crippen LogP contribution < -0.4 is 0 Å². The van der Waals surface area contributed by atoms with E-state index in [1.165, 1.54) is 0 Å². The number of unbranched alkanes of at least 4 members (excludes halogenated alkanes) is 1. The van der Waals surface area contributed by atoms with E-state index in [0.717, 1.165) is 12.8 Å². The second-order valence-electron chi connectivity index (χ2n) is 13.3.